The summed E-state index contributed by atoms with van der Waals surface area (Å²) in [6.45, 7) is 2.03. The second kappa shape index (κ2) is 2.86. The highest BCUT2D eigenvalue weighted by atomic mass is 16.3. The summed E-state index contributed by atoms with van der Waals surface area (Å²) in [5.41, 5.74) is 2.16. The lowest BCUT2D eigenvalue weighted by Gasteiger charge is -1.95. The quantitative estimate of drug-likeness (QED) is 0.620. The van der Waals surface area contributed by atoms with Crippen molar-refractivity contribution in [3.8, 4) is 11.3 Å². The molecule has 1 radical (unpaired) electrons. The van der Waals surface area contributed by atoms with E-state index in [1.54, 1.807) is 6.26 Å². The van der Waals surface area contributed by atoms with Crippen molar-refractivity contribution in [1.82, 2.24) is 0 Å². The minimum atomic E-state index is 0.913. The highest BCUT2D eigenvalue weighted by molar-refractivity contribution is 5.59. The van der Waals surface area contributed by atoms with Gasteiger partial charge < -0.3 is 4.42 Å². The molecule has 1 heterocycles. The fraction of sp³-hybridized carbons (Fsp3) is 0.0909. The molecule has 0 aliphatic rings. The summed E-state index contributed by atoms with van der Waals surface area (Å²) >= 11 is 0. The number of hydrogen-bond acceptors (Lipinski definition) is 1. The van der Waals surface area contributed by atoms with Crippen molar-refractivity contribution in [2.75, 3.05) is 0 Å². The van der Waals surface area contributed by atoms with Crippen molar-refractivity contribution >= 4 is 0 Å². The van der Waals surface area contributed by atoms with Gasteiger partial charge in [-0.25, -0.2) is 0 Å². The van der Waals surface area contributed by atoms with Crippen LogP contribution >= 0.6 is 0 Å². The van der Waals surface area contributed by atoms with Crippen molar-refractivity contribution in [3.05, 3.63) is 48.2 Å². The highest BCUT2D eigenvalue weighted by Crippen LogP contribution is 2.22. The van der Waals surface area contributed by atoms with Crippen molar-refractivity contribution in [3.63, 3.8) is 0 Å². The average molecular weight is 157 g/mol. The molecule has 1 nitrogen and oxygen atoms in total. The molecule has 0 N–H and O–H groups in total. The SMILES string of the molecule is Cc1ccoc1-c1[c]cccc1. The van der Waals surface area contributed by atoms with Crippen LogP contribution in [0.1, 0.15) is 5.56 Å². The van der Waals surface area contributed by atoms with Gasteiger partial charge in [0.1, 0.15) is 5.76 Å². The molecule has 12 heavy (non-hydrogen) atoms. The third kappa shape index (κ3) is 1.14. The Morgan fingerprint density at radius 3 is 2.75 bits per heavy atom. The fourth-order valence-electron chi connectivity index (χ4n) is 1.18. The third-order valence-electron chi connectivity index (χ3n) is 1.82. The first-order valence-corrected chi connectivity index (χ1v) is 3.89. The van der Waals surface area contributed by atoms with E-state index in [0.29, 0.717) is 0 Å². The van der Waals surface area contributed by atoms with Crippen LogP contribution < -0.4 is 0 Å². The van der Waals surface area contributed by atoms with Gasteiger partial charge in [-0.3, -0.25) is 0 Å². The van der Waals surface area contributed by atoms with Crippen molar-refractivity contribution < 1.29 is 4.42 Å². The minimum Gasteiger partial charge on any atom is -0.464 e. The molecule has 59 valence electrons. The predicted octanol–water partition coefficient (Wildman–Crippen LogP) is 3.06. The third-order valence-corrected chi connectivity index (χ3v) is 1.82. The first-order valence-electron chi connectivity index (χ1n) is 3.89. The Balaban J connectivity index is 2.51. The maximum Gasteiger partial charge on any atom is 0.137 e. The van der Waals surface area contributed by atoms with Crippen molar-refractivity contribution in [2.24, 2.45) is 0 Å². The van der Waals surface area contributed by atoms with Gasteiger partial charge in [0.15, 0.2) is 0 Å². The Bertz CT molecular complexity index is 360. The standard InChI is InChI=1S/C11H9O/c1-9-7-8-12-11(9)10-5-3-2-4-6-10/h2-5,7-8H,1H3. The molecular weight excluding hydrogens is 148 g/mol. The average Bonchev–Trinajstić information content (AvgIpc) is 2.53. The second-order valence-electron chi connectivity index (χ2n) is 2.71. The largest absolute Gasteiger partial charge is 0.464 e. The lowest BCUT2D eigenvalue weighted by Crippen LogP contribution is -1.75. The Morgan fingerprint density at radius 1 is 1.25 bits per heavy atom. The summed E-state index contributed by atoms with van der Waals surface area (Å²) in [7, 11) is 0. The van der Waals surface area contributed by atoms with Gasteiger partial charge in [0.25, 0.3) is 0 Å². The normalized spacial score (nSPS) is 10.1. The van der Waals surface area contributed by atoms with Crippen LogP contribution in [0.3, 0.4) is 0 Å². The summed E-state index contributed by atoms with van der Waals surface area (Å²) in [5.74, 6) is 0.913. The molecular formula is C11H9O. The molecule has 0 amide bonds. The fourth-order valence-corrected chi connectivity index (χ4v) is 1.18. The van der Waals surface area contributed by atoms with E-state index >= 15 is 0 Å². The molecule has 1 aromatic heterocycles. The maximum atomic E-state index is 5.32. The molecule has 1 aromatic carbocycles. The second-order valence-corrected chi connectivity index (χ2v) is 2.71. The Labute approximate surface area is 71.6 Å². The molecule has 0 spiro atoms. The monoisotopic (exact) mass is 157 g/mol. The molecule has 0 saturated heterocycles. The number of hydrogen-bond donors (Lipinski definition) is 0. The van der Waals surface area contributed by atoms with Crippen molar-refractivity contribution in [1.29, 1.82) is 0 Å². The molecule has 0 atom stereocenters. The van der Waals surface area contributed by atoms with E-state index in [-0.39, 0.29) is 0 Å². The predicted molar refractivity (Wildman–Crippen MR) is 47.7 cm³/mol. The van der Waals surface area contributed by atoms with Crippen LogP contribution in [0.5, 0.6) is 0 Å². The van der Waals surface area contributed by atoms with Gasteiger partial charge in [0.2, 0.25) is 0 Å². The molecule has 0 bridgehead atoms. The molecule has 2 rings (SSSR count). The molecule has 0 saturated carbocycles. The highest BCUT2D eigenvalue weighted by Gasteiger charge is 2.02. The zero-order chi connectivity index (χ0) is 8.39. The van der Waals surface area contributed by atoms with Gasteiger partial charge in [-0.2, -0.15) is 0 Å². The van der Waals surface area contributed by atoms with Crippen LogP contribution in [0.15, 0.2) is 41.0 Å². The first kappa shape index (κ1) is 7.17. The minimum absolute atomic E-state index is 0.913. The Hall–Kier alpha value is -1.50. The molecule has 1 heteroatoms. The van der Waals surface area contributed by atoms with E-state index in [1.165, 1.54) is 0 Å². The molecule has 0 fully saturated rings. The van der Waals surface area contributed by atoms with E-state index in [1.807, 2.05) is 37.3 Å². The zero-order valence-corrected chi connectivity index (χ0v) is 6.87. The number of furan rings is 1. The summed E-state index contributed by atoms with van der Waals surface area (Å²) < 4.78 is 5.32. The number of benzene rings is 1. The molecule has 0 unspecified atom stereocenters. The summed E-state index contributed by atoms with van der Waals surface area (Å²) in [6.07, 6.45) is 1.70. The van der Waals surface area contributed by atoms with Gasteiger partial charge >= 0.3 is 0 Å². The van der Waals surface area contributed by atoms with Crippen LogP contribution in [0, 0.1) is 13.0 Å². The molecule has 0 aliphatic carbocycles. The van der Waals surface area contributed by atoms with Crippen LogP contribution in [-0.4, -0.2) is 0 Å². The van der Waals surface area contributed by atoms with E-state index in [2.05, 4.69) is 6.07 Å². The maximum absolute atomic E-state index is 5.32. The zero-order valence-electron chi connectivity index (χ0n) is 6.87. The van der Waals surface area contributed by atoms with Gasteiger partial charge in [-0.15, -0.1) is 0 Å². The molecule has 0 aliphatic heterocycles. The van der Waals surface area contributed by atoms with E-state index in [4.69, 9.17) is 4.42 Å². The van der Waals surface area contributed by atoms with Gasteiger partial charge in [-0.05, 0) is 24.6 Å². The summed E-state index contributed by atoms with van der Waals surface area (Å²) in [5, 5.41) is 0. The lowest BCUT2D eigenvalue weighted by atomic mass is 10.1. The Morgan fingerprint density at radius 2 is 2.17 bits per heavy atom. The van der Waals surface area contributed by atoms with Gasteiger partial charge in [0.05, 0.1) is 6.26 Å². The van der Waals surface area contributed by atoms with Gasteiger partial charge in [-0.1, -0.05) is 24.3 Å². The van der Waals surface area contributed by atoms with E-state index < -0.39 is 0 Å². The molecule has 2 aromatic rings. The van der Waals surface area contributed by atoms with Crippen LogP contribution in [0.4, 0.5) is 0 Å². The van der Waals surface area contributed by atoms with Gasteiger partial charge in [0, 0.05) is 5.56 Å². The number of rotatable bonds is 1. The summed E-state index contributed by atoms with van der Waals surface area (Å²) in [4.78, 5) is 0. The number of aryl methyl sites for hydroxylation is 1. The van der Waals surface area contributed by atoms with Crippen LogP contribution in [0.25, 0.3) is 11.3 Å². The topological polar surface area (TPSA) is 13.1 Å². The Kier molecular flexibility index (Phi) is 1.71. The summed E-state index contributed by atoms with van der Waals surface area (Å²) in [6, 6.07) is 12.9. The van der Waals surface area contributed by atoms with Crippen LogP contribution in [0.2, 0.25) is 0 Å². The smallest absolute Gasteiger partial charge is 0.137 e. The first-order chi connectivity index (χ1) is 5.88. The van der Waals surface area contributed by atoms with E-state index in [0.717, 1.165) is 16.9 Å². The van der Waals surface area contributed by atoms with Crippen molar-refractivity contribution in [2.45, 2.75) is 6.92 Å². The van der Waals surface area contributed by atoms with E-state index in [9.17, 15) is 0 Å². The lowest BCUT2D eigenvalue weighted by molar-refractivity contribution is 0.580. The van der Waals surface area contributed by atoms with Crippen LogP contribution in [-0.2, 0) is 0 Å².